The first-order valence-electron chi connectivity index (χ1n) is 6.02. The maximum Gasteiger partial charge on any atom is 0.223 e. The first-order valence-corrected chi connectivity index (χ1v) is 6.02. The minimum Gasteiger partial charge on any atom is -0.336 e. The average Bonchev–Trinajstić information content (AvgIpc) is 2.79. The molecule has 3 heteroatoms. The summed E-state index contributed by atoms with van der Waals surface area (Å²) >= 11 is 0. The van der Waals surface area contributed by atoms with Crippen LogP contribution in [-0.2, 0) is 4.79 Å². The molecule has 86 valence electrons. The Morgan fingerprint density at radius 2 is 2.50 bits per heavy atom. The Kier molecular flexibility index (Phi) is 3.54. The monoisotopic (exact) mass is 218 g/mol. The Morgan fingerprint density at radius 1 is 1.62 bits per heavy atom. The highest BCUT2D eigenvalue weighted by atomic mass is 16.2. The molecule has 1 aromatic rings. The van der Waals surface area contributed by atoms with E-state index < -0.39 is 0 Å². The van der Waals surface area contributed by atoms with Crippen LogP contribution in [-0.4, -0.2) is 22.3 Å². The molecule has 1 aliphatic heterocycles. The molecule has 0 N–H and O–H groups in total. The summed E-state index contributed by atoms with van der Waals surface area (Å²) in [5, 5.41) is 0. The standard InChI is InChI=1S/C13H18N2O/c1-2-5-13(16)15-9-4-7-12(15)11-6-3-8-14-10-11/h3,6,8,10,12H,2,4-5,7,9H2,1H3/t12-/m0/s1. The molecule has 1 saturated heterocycles. The Bertz CT molecular complexity index is 350. The number of pyridine rings is 1. The van der Waals surface area contributed by atoms with Crippen LogP contribution in [0.4, 0.5) is 0 Å². The van der Waals surface area contributed by atoms with Crippen molar-refractivity contribution in [3.05, 3.63) is 30.1 Å². The molecule has 0 aliphatic carbocycles. The minimum absolute atomic E-state index is 0.257. The molecule has 2 rings (SSSR count). The van der Waals surface area contributed by atoms with Crippen molar-refractivity contribution in [1.82, 2.24) is 9.88 Å². The molecule has 0 radical (unpaired) electrons. The van der Waals surface area contributed by atoms with Crippen LogP contribution in [0.25, 0.3) is 0 Å². The smallest absolute Gasteiger partial charge is 0.223 e. The van der Waals surface area contributed by atoms with Gasteiger partial charge in [-0.2, -0.15) is 0 Å². The molecule has 0 spiro atoms. The van der Waals surface area contributed by atoms with Gasteiger partial charge in [0.1, 0.15) is 0 Å². The van der Waals surface area contributed by atoms with E-state index in [9.17, 15) is 4.79 Å². The van der Waals surface area contributed by atoms with Gasteiger partial charge in [-0.25, -0.2) is 0 Å². The van der Waals surface area contributed by atoms with Crippen LogP contribution < -0.4 is 0 Å². The third-order valence-corrected chi connectivity index (χ3v) is 3.11. The molecule has 0 unspecified atom stereocenters. The van der Waals surface area contributed by atoms with Crippen molar-refractivity contribution in [2.24, 2.45) is 0 Å². The number of amides is 1. The first-order chi connectivity index (χ1) is 7.83. The van der Waals surface area contributed by atoms with Gasteiger partial charge in [-0.05, 0) is 30.9 Å². The fraction of sp³-hybridized carbons (Fsp3) is 0.538. The van der Waals surface area contributed by atoms with Gasteiger partial charge in [0.2, 0.25) is 5.91 Å². The molecule has 1 amide bonds. The molecule has 16 heavy (non-hydrogen) atoms. The molecule has 0 aromatic carbocycles. The number of aromatic nitrogens is 1. The van der Waals surface area contributed by atoms with Gasteiger partial charge in [0, 0.05) is 25.4 Å². The Balaban J connectivity index is 2.12. The van der Waals surface area contributed by atoms with Gasteiger partial charge in [-0.15, -0.1) is 0 Å². The van der Waals surface area contributed by atoms with Crippen LogP contribution in [0.1, 0.15) is 44.2 Å². The van der Waals surface area contributed by atoms with E-state index in [1.165, 1.54) is 5.56 Å². The number of nitrogens with zero attached hydrogens (tertiary/aromatic N) is 2. The summed E-state index contributed by atoms with van der Waals surface area (Å²) in [5.74, 6) is 0.286. The van der Waals surface area contributed by atoms with E-state index in [4.69, 9.17) is 0 Å². The van der Waals surface area contributed by atoms with Crippen molar-refractivity contribution >= 4 is 5.91 Å². The molecule has 1 fully saturated rings. The second kappa shape index (κ2) is 5.10. The molecular formula is C13H18N2O. The molecule has 2 heterocycles. The van der Waals surface area contributed by atoms with Gasteiger partial charge < -0.3 is 4.90 Å². The Hall–Kier alpha value is -1.38. The maximum absolute atomic E-state index is 11.9. The molecule has 1 aliphatic rings. The average molecular weight is 218 g/mol. The van der Waals surface area contributed by atoms with Gasteiger partial charge in [-0.3, -0.25) is 9.78 Å². The third kappa shape index (κ3) is 2.23. The summed E-state index contributed by atoms with van der Waals surface area (Å²) in [7, 11) is 0. The summed E-state index contributed by atoms with van der Waals surface area (Å²) in [6.07, 6.45) is 7.42. The molecule has 0 bridgehead atoms. The highest BCUT2D eigenvalue weighted by Crippen LogP contribution is 2.31. The second-order valence-corrected chi connectivity index (χ2v) is 4.28. The maximum atomic E-state index is 11.9. The summed E-state index contributed by atoms with van der Waals surface area (Å²) in [6, 6.07) is 4.26. The van der Waals surface area contributed by atoms with E-state index in [1.807, 2.05) is 24.1 Å². The van der Waals surface area contributed by atoms with Crippen LogP contribution >= 0.6 is 0 Å². The number of rotatable bonds is 3. The quantitative estimate of drug-likeness (QED) is 0.781. The van der Waals surface area contributed by atoms with Crippen molar-refractivity contribution in [1.29, 1.82) is 0 Å². The summed E-state index contributed by atoms with van der Waals surface area (Å²) in [4.78, 5) is 18.1. The van der Waals surface area contributed by atoms with E-state index in [0.717, 1.165) is 25.8 Å². The zero-order chi connectivity index (χ0) is 11.4. The fourth-order valence-corrected chi connectivity index (χ4v) is 2.34. The normalized spacial score (nSPS) is 20.1. The van der Waals surface area contributed by atoms with Gasteiger partial charge in [-0.1, -0.05) is 13.0 Å². The molecular weight excluding hydrogens is 200 g/mol. The number of hydrogen-bond acceptors (Lipinski definition) is 2. The van der Waals surface area contributed by atoms with Gasteiger partial charge in [0.25, 0.3) is 0 Å². The predicted molar refractivity (Wildman–Crippen MR) is 62.8 cm³/mol. The van der Waals surface area contributed by atoms with Gasteiger partial charge >= 0.3 is 0 Å². The topological polar surface area (TPSA) is 33.2 Å². The lowest BCUT2D eigenvalue weighted by atomic mass is 10.1. The van der Waals surface area contributed by atoms with E-state index >= 15 is 0 Å². The highest BCUT2D eigenvalue weighted by molar-refractivity contribution is 5.77. The Morgan fingerprint density at radius 3 is 3.19 bits per heavy atom. The Labute approximate surface area is 96.5 Å². The van der Waals surface area contributed by atoms with Crippen molar-refractivity contribution < 1.29 is 4.79 Å². The minimum atomic E-state index is 0.257. The lowest BCUT2D eigenvalue weighted by molar-refractivity contribution is -0.132. The van der Waals surface area contributed by atoms with E-state index in [2.05, 4.69) is 11.1 Å². The SMILES string of the molecule is CCCC(=O)N1CCC[C@H]1c1cccnc1. The zero-order valence-corrected chi connectivity index (χ0v) is 9.72. The third-order valence-electron chi connectivity index (χ3n) is 3.11. The van der Waals surface area contributed by atoms with Crippen molar-refractivity contribution in [2.75, 3.05) is 6.54 Å². The van der Waals surface area contributed by atoms with E-state index in [-0.39, 0.29) is 11.9 Å². The lowest BCUT2D eigenvalue weighted by Gasteiger charge is -2.24. The van der Waals surface area contributed by atoms with E-state index in [0.29, 0.717) is 6.42 Å². The fourth-order valence-electron chi connectivity index (χ4n) is 2.34. The number of likely N-dealkylation sites (tertiary alicyclic amines) is 1. The van der Waals surface area contributed by atoms with Crippen LogP contribution in [0, 0.1) is 0 Å². The first kappa shape index (κ1) is 11.1. The van der Waals surface area contributed by atoms with Crippen molar-refractivity contribution in [3.8, 4) is 0 Å². The van der Waals surface area contributed by atoms with Gasteiger partial charge in [0.15, 0.2) is 0 Å². The number of carbonyl (C=O) groups excluding carboxylic acids is 1. The summed E-state index contributed by atoms with van der Waals surface area (Å²) < 4.78 is 0. The molecule has 3 nitrogen and oxygen atoms in total. The van der Waals surface area contributed by atoms with Crippen molar-refractivity contribution in [2.45, 2.75) is 38.6 Å². The molecule has 1 aromatic heterocycles. The van der Waals surface area contributed by atoms with Crippen LogP contribution in [0.15, 0.2) is 24.5 Å². The van der Waals surface area contributed by atoms with Crippen molar-refractivity contribution in [3.63, 3.8) is 0 Å². The molecule has 1 atom stereocenters. The summed E-state index contributed by atoms with van der Waals surface area (Å²) in [5.41, 5.74) is 1.17. The second-order valence-electron chi connectivity index (χ2n) is 4.28. The lowest BCUT2D eigenvalue weighted by Crippen LogP contribution is -2.30. The number of carbonyl (C=O) groups is 1. The zero-order valence-electron chi connectivity index (χ0n) is 9.72. The van der Waals surface area contributed by atoms with Crippen LogP contribution in [0.2, 0.25) is 0 Å². The molecule has 0 saturated carbocycles. The van der Waals surface area contributed by atoms with E-state index in [1.54, 1.807) is 6.20 Å². The summed E-state index contributed by atoms with van der Waals surface area (Å²) in [6.45, 7) is 2.95. The van der Waals surface area contributed by atoms with Crippen LogP contribution in [0.3, 0.4) is 0 Å². The van der Waals surface area contributed by atoms with Gasteiger partial charge in [0.05, 0.1) is 6.04 Å². The number of hydrogen-bond donors (Lipinski definition) is 0. The van der Waals surface area contributed by atoms with Crippen LogP contribution in [0.5, 0.6) is 0 Å². The highest BCUT2D eigenvalue weighted by Gasteiger charge is 2.29. The largest absolute Gasteiger partial charge is 0.336 e. The predicted octanol–water partition coefficient (Wildman–Crippen LogP) is 2.55.